The van der Waals surface area contributed by atoms with Crippen LogP contribution in [0.15, 0.2) is 12.3 Å². The second kappa shape index (κ2) is 4.45. The van der Waals surface area contributed by atoms with Crippen LogP contribution in [0.2, 0.25) is 0 Å². The quantitative estimate of drug-likeness (QED) is 0.747. The van der Waals surface area contributed by atoms with Crippen LogP contribution in [0.3, 0.4) is 0 Å². The first kappa shape index (κ1) is 10.8. The Morgan fingerprint density at radius 2 is 2.44 bits per heavy atom. The Kier molecular flexibility index (Phi) is 3.02. The molecule has 5 heteroatoms. The van der Waals surface area contributed by atoms with Gasteiger partial charge in [-0.15, -0.1) is 5.10 Å². The van der Waals surface area contributed by atoms with Gasteiger partial charge in [0, 0.05) is 18.6 Å². The summed E-state index contributed by atoms with van der Waals surface area (Å²) in [4.78, 5) is 2.12. The van der Waals surface area contributed by atoms with E-state index in [4.69, 9.17) is 11.0 Å². The first-order valence-electron chi connectivity index (χ1n) is 5.46. The zero-order valence-corrected chi connectivity index (χ0v) is 9.30. The Morgan fingerprint density at radius 3 is 3.12 bits per heavy atom. The summed E-state index contributed by atoms with van der Waals surface area (Å²) >= 11 is 0. The molecule has 0 aliphatic carbocycles. The van der Waals surface area contributed by atoms with E-state index >= 15 is 0 Å². The Labute approximate surface area is 94.9 Å². The highest BCUT2D eigenvalue weighted by molar-refractivity contribution is 5.53. The summed E-state index contributed by atoms with van der Waals surface area (Å²) < 4.78 is 0. The van der Waals surface area contributed by atoms with Crippen LogP contribution >= 0.6 is 0 Å². The SMILES string of the molecule is CC1CC(N)CCN1c1nnccc1C#N. The molecule has 2 heterocycles. The summed E-state index contributed by atoms with van der Waals surface area (Å²) in [6.45, 7) is 2.95. The van der Waals surface area contributed by atoms with E-state index in [0.717, 1.165) is 19.4 Å². The monoisotopic (exact) mass is 217 g/mol. The lowest BCUT2D eigenvalue weighted by Crippen LogP contribution is -2.46. The molecule has 2 atom stereocenters. The molecule has 5 nitrogen and oxygen atoms in total. The highest BCUT2D eigenvalue weighted by atomic mass is 15.3. The second-order valence-electron chi connectivity index (χ2n) is 4.21. The molecule has 0 radical (unpaired) electrons. The van der Waals surface area contributed by atoms with E-state index in [0.29, 0.717) is 17.4 Å². The number of nitrogens with two attached hydrogens (primary N) is 1. The van der Waals surface area contributed by atoms with E-state index in [1.165, 1.54) is 0 Å². The van der Waals surface area contributed by atoms with Gasteiger partial charge in [0.1, 0.15) is 6.07 Å². The van der Waals surface area contributed by atoms with Crippen LogP contribution in [-0.2, 0) is 0 Å². The van der Waals surface area contributed by atoms with Gasteiger partial charge in [-0.25, -0.2) is 0 Å². The maximum atomic E-state index is 9.02. The molecule has 0 saturated carbocycles. The molecule has 1 aliphatic rings. The highest BCUT2D eigenvalue weighted by Gasteiger charge is 2.26. The highest BCUT2D eigenvalue weighted by Crippen LogP contribution is 2.24. The molecule has 1 aromatic rings. The second-order valence-corrected chi connectivity index (χ2v) is 4.21. The molecule has 84 valence electrons. The molecule has 0 aromatic carbocycles. The van der Waals surface area contributed by atoms with Crippen molar-refractivity contribution >= 4 is 5.82 Å². The van der Waals surface area contributed by atoms with Gasteiger partial charge in [0.05, 0.1) is 11.8 Å². The minimum atomic E-state index is 0.258. The molecule has 16 heavy (non-hydrogen) atoms. The van der Waals surface area contributed by atoms with Gasteiger partial charge in [-0.05, 0) is 25.8 Å². The molecular weight excluding hydrogens is 202 g/mol. The number of rotatable bonds is 1. The Hall–Kier alpha value is -1.67. The number of anilines is 1. The Bertz CT molecular complexity index is 411. The van der Waals surface area contributed by atoms with Crippen LogP contribution in [0.1, 0.15) is 25.3 Å². The number of nitrogens with zero attached hydrogens (tertiary/aromatic N) is 4. The fourth-order valence-electron chi connectivity index (χ4n) is 2.15. The summed E-state index contributed by atoms with van der Waals surface area (Å²) in [6, 6.07) is 4.42. The summed E-state index contributed by atoms with van der Waals surface area (Å²) in [5.74, 6) is 0.685. The van der Waals surface area contributed by atoms with Crippen molar-refractivity contribution in [2.24, 2.45) is 5.73 Å². The van der Waals surface area contributed by atoms with Crippen LogP contribution in [0, 0.1) is 11.3 Å². The van der Waals surface area contributed by atoms with Crippen molar-refractivity contribution < 1.29 is 0 Å². The molecule has 2 unspecified atom stereocenters. The average molecular weight is 217 g/mol. The molecule has 1 saturated heterocycles. The third kappa shape index (κ3) is 1.97. The Morgan fingerprint density at radius 1 is 1.62 bits per heavy atom. The molecule has 0 amide bonds. The van der Waals surface area contributed by atoms with Crippen LogP contribution in [0.25, 0.3) is 0 Å². The fraction of sp³-hybridized carbons (Fsp3) is 0.545. The van der Waals surface area contributed by atoms with Crippen LogP contribution in [-0.4, -0.2) is 28.8 Å². The molecular formula is C11H15N5. The molecule has 1 aliphatic heterocycles. The minimum Gasteiger partial charge on any atom is -0.351 e. The van der Waals surface area contributed by atoms with Crippen molar-refractivity contribution in [2.45, 2.75) is 31.8 Å². The topological polar surface area (TPSA) is 78.8 Å². The van der Waals surface area contributed by atoms with E-state index in [1.54, 1.807) is 12.3 Å². The molecule has 2 N–H and O–H groups in total. The Balaban J connectivity index is 2.27. The summed E-state index contributed by atoms with van der Waals surface area (Å²) in [7, 11) is 0. The molecule has 0 spiro atoms. The van der Waals surface area contributed by atoms with Crippen molar-refractivity contribution in [3.63, 3.8) is 0 Å². The minimum absolute atomic E-state index is 0.258. The standard InChI is InChI=1S/C11H15N5/c1-8-6-10(13)3-5-16(8)11-9(7-12)2-4-14-15-11/h2,4,8,10H,3,5-6,13H2,1H3. The lowest BCUT2D eigenvalue weighted by Gasteiger charge is -2.37. The van der Waals surface area contributed by atoms with Gasteiger partial charge in [-0.3, -0.25) is 0 Å². The first-order chi connectivity index (χ1) is 7.72. The van der Waals surface area contributed by atoms with E-state index < -0.39 is 0 Å². The molecule has 0 bridgehead atoms. The van der Waals surface area contributed by atoms with E-state index in [9.17, 15) is 0 Å². The van der Waals surface area contributed by atoms with Crippen LogP contribution in [0.5, 0.6) is 0 Å². The van der Waals surface area contributed by atoms with E-state index in [1.807, 2.05) is 0 Å². The maximum absolute atomic E-state index is 9.02. The van der Waals surface area contributed by atoms with Gasteiger partial charge in [0.15, 0.2) is 5.82 Å². The number of aromatic nitrogens is 2. The summed E-state index contributed by atoms with van der Waals surface area (Å²) in [6.07, 6.45) is 3.41. The summed E-state index contributed by atoms with van der Waals surface area (Å²) in [5, 5.41) is 16.9. The third-order valence-electron chi connectivity index (χ3n) is 3.01. The number of nitriles is 1. The molecule has 1 fully saturated rings. The van der Waals surface area contributed by atoms with Gasteiger partial charge in [0.25, 0.3) is 0 Å². The number of hydrogen-bond donors (Lipinski definition) is 1. The maximum Gasteiger partial charge on any atom is 0.169 e. The van der Waals surface area contributed by atoms with Crippen molar-refractivity contribution in [2.75, 3.05) is 11.4 Å². The van der Waals surface area contributed by atoms with Crippen LogP contribution in [0.4, 0.5) is 5.82 Å². The van der Waals surface area contributed by atoms with Crippen molar-refractivity contribution in [3.8, 4) is 6.07 Å². The lowest BCUT2D eigenvalue weighted by molar-refractivity contribution is 0.426. The zero-order chi connectivity index (χ0) is 11.5. The van der Waals surface area contributed by atoms with Gasteiger partial charge >= 0.3 is 0 Å². The van der Waals surface area contributed by atoms with Crippen molar-refractivity contribution in [1.29, 1.82) is 5.26 Å². The lowest BCUT2D eigenvalue weighted by atomic mass is 9.99. The van der Waals surface area contributed by atoms with Gasteiger partial charge in [-0.2, -0.15) is 10.4 Å². The molecule has 1 aromatic heterocycles. The normalized spacial score (nSPS) is 25.2. The number of hydrogen-bond acceptors (Lipinski definition) is 5. The number of piperidine rings is 1. The predicted molar refractivity (Wildman–Crippen MR) is 60.8 cm³/mol. The van der Waals surface area contributed by atoms with Crippen LogP contribution < -0.4 is 10.6 Å². The molecule has 2 rings (SSSR count). The third-order valence-corrected chi connectivity index (χ3v) is 3.01. The van der Waals surface area contributed by atoms with E-state index in [2.05, 4.69) is 28.1 Å². The van der Waals surface area contributed by atoms with Crippen molar-refractivity contribution in [3.05, 3.63) is 17.8 Å². The van der Waals surface area contributed by atoms with E-state index in [-0.39, 0.29) is 6.04 Å². The average Bonchev–Trinajstić information content (AvgIpc) is 2.29. The fourth-order valence-corrected chi connectivity index (χ4v) is 2.15. The first-order valence-corrected chi connectivity index (χ1v) is 5.46. The smallest absolute Gasteiger partial charge is 0.169 e. The predicted octanol–water partition coefficient (Wildman–Crippen LogP) is 0.664. The zero-order valence-electron chi connectivity index (χ0n) is 9.30. The van der Waals surface area contributed by atoms with Gasteiger partial charge in [0.2, 0.25) is 0 Å². The van der Waals surface area contributed by atoms with Crippen molar-refractivity contribution in [1.82, 2.24) is 10.2 Å². The largest absolute Gasteiger partial charge is 0.351 e. The summed E-state index contributed by atoms with van der Waals surface area (Å²) in [5.41, 5.74) is 6.49. The van der Waals surface area contributed by atoms with Gasteiger partial charge in [-0.1, -0.05) is 0 Å². The van der Waals surface area contributed by atoms with Gasteiger partial charge < -0.3 is 10.6 Å².